The van der Waals surface area contributed by atoms with Gasteiger partial charge in [0.05, 0.1) is 6.04 Å². The van der Waals surface area contributed by atoms with E-state index in [1.807, 2.05) is 20.8 Å². The fourth-order valence-corrected chi connectivity index (χ4v) is 2.41. The van der Waals surface area contributed by atoms with Crippen LogP contribution in [-0.2, 0) is 14.3 Å². The number of rotatable bonds is 4. The largest absolute Gasteiger partial charge is 0.459 e. The molecular formula is C14H25NO3. The summed E-state index contributed by atoms with van der Waals surface area (Å²) >= 11 is 0. The highest BCUT2D eigenvalue weighted by Crippen LogP contribution is 2.31. The van der Waals surface area contributed by atoms with Gasteiger partial charge in [-0.1, -0.05) is 19.3 Å². The number of hydrogen-bond acceptors (Lipinski definition) is 4. The Kier molecular flexibility index (Phi) is 4.91. The fraction of sp³-hybridized carbons (Fsp3) is 0.857. The van der Waals surface area contributed by atoms with Crippen LogP contribution in [0.25, 0.3) is 0 Å². The van der Waals surface area contributed by atoms with E-state index in [2.05, 4.69) is 5.32 Å². The maximum atomic E-state index is 12.4. The van der Waals surface area contributed by atoms with Crippen LogP contribution in [0, 0.1) is 0 Å². The maximum absolute atomic E-state index is 12.4. The topological polar surface area (TPSA) is 55.4 Å². The Morgan fingerprint density at radius 3 is 2.28 bits per heavy atom. The van der Waals surface area contributed by atoms with Gasteiger partial charge in [0, 0.05) is 0 Å². The summed E-state index contributed by atoms with van der Waals surface area (Å²) < 4.78 is 5.51. The maximum Gasteiger partial charge on any atom is 0.326 e. The third-order valence-corrected chi connectivity index (χ3v) is 3.20. The Bertz CT molecular complexity index is 301. The predicted molar refractivity (Wildman–Crippen MR) is 70.3 cm³/mol. The second kappa shape index (κ2) is 5.83. The lowest BCUT2D eigenvalue weighted by atomic mass is 9.81. The molecule has 0 amide bonds. The number of carbonyl (C=O) groups is 2. The molecule has 1 fully saturated rings. The Labute approximate surface area is 109 Å². The molecule has 1 aliphatic carbocycles. The van der Waals surface area contributed by atoms with Gasteiger partial charge in [-0.15, -0.1) is 0 Å². The first-order chi connectivity index (χ1) is 8.29. The molecule has 0 bridgehead atoms. The van der Waals surface area contributed by atoms with Crippen LogP contribution >= 0.6 is 0 Å². The van der Waals surface area contributed by atoms with E-state index in [-0.39, 0.29) is 12.0 Å². The molecular weight excluding hydrogens is 230 g/mol. The van der Waals surface area contributed by atoms with Crippen molar-refractivity contribution in [3.63, 3.8) is 0 Å². The molecule has 1 unspecified atom stereocenters. The minimum Gasteiger partial charge on any atom is -0.459 e. The molecule has 0 spiro atoms. The van der Waals surface area contributed by atoms with E-state index >= 15 is 0 Å². The summed E-state index contributed by atoms with van der Waals surface area (Å²) in [6.45, 7) is 7.37. The molecule has 0 heterocycles. The summed E-state index contributed by atoms with van der Waals surface area (Å²) in [4.78, 5) is 23.2. The molecule has 1 aliphatic rings. The summed E-state index contributed by atoms with van der Waals surface area (Å²) in [5.41, 5.74) is -1.17. The van der Waals surface area contributed by atoms with Crippen molar-refractivity contribution < 1.29 is 14.3 Å². The lowest BCUT2D eigenvalue weighted by molar-refractivity contribution is -0.165. The standard InChI is InChI=1S/C14H25NO3/c1-11(10-16)15-14(8-6-5-7-9-14)12(17)18-13(2,3)4/h10-11,15H,5-9H2,1-4H3. The molecule has 0 aromatic rings. The lowest BCUT2D eigenvalue weighted by Gasteiger charge is -2.39. The molecule has 104 valence electrons. The average Bonchev–Trinajstić information content (AvgIpc) is 2.27. The summed E-state index contributed by atoms with van der Waals surface area (Å²) in [5.74, 6) is -0.219. The van der Waals surface area contributed by atoms with Crippen LogP contribution in [0.4, 0.5) is 0 Å². The van der Waals surface area contributed by atoms with Gasteiger partial charge in [0.15, 0.2) is 0 Å². The number of nitrogens with one attached hydrogen (secondary N) is 1. The summed E-state index contributed by atoms with van der Waals surface area (Å²) in [5, 5.41) is 3.16. The molecule has 1 atom stereocenters. The smallest absolute Gasteiger partial charge is 0.326 e. The number of ether oxygens (including phenoxy) is 1. The number of carbonyl (C=O) groups excluding carboxylic acids is 2. The SMILES string of the molecule is CC(C=O)NC1(C(=O)OC(C)(C)C)CCCCC1. The van der Waals surface area contributed by atoms with Crippen molar-refractivity contribution in [2.45, 2.75) is 77.0 Å². The van der Waals surface area contributed by atoms with E-state index in [4.69, 9.17) is 4.74 Å². The van der Waals surface area contributed by atoms with Crippen LogP contribution in [-0.4, -0.2) is 29.4 Å². The highest BCUT2D eigenvalue weighted by Gasteiger charge is 2.43. The van der Waals surface area contributed by atoms with Crippen LogP contribution in [0.3, 0.4) is 0 Å². The molecule has 4 heteroatoms. The van der Waals surface area contributed by atoms with Gasteiger partial charge in [-0.3, -0.25) is 10.1 Å². The van der Waals surface area contributed by atoms with Gasteiger partial charge >= 0.3 is 5.97 Å². The van der Waals surface area contributed by atoms with Gasteiger partial charge in [-0.2, -0.15) is 0 Å². The molecule has 0 saturated heterocycles. The quantitative estimate of drug-likeness (QED) is 0.618. The minimum absolute atomic E-state index is 0.219. The Morgan fingerprint density at radius 1 is 1.28 bits per heavy atom. The van der Waals surface area contributed by atoms with Crippen molar-refractivity contribution in [2.75, 3.05) is 0 Å². The first-order valence-corrected chi connectivity index (χ1v) is 6.75. The zero-order valence-electron chi connectivity index (χ0n) is 11.9. The minimum atomic E-state index is -0.675. The summed E-state index contributed by atoms with van der Waals surface area (Å²) in [6.07, 6.45) is 5.47. The van der Waals surface area contributed by atoms with Gasteiger partial charge in [0.25, 0.3) is 0 Å². The molecule has 1 N–H and O–H groups in total. The molecule has 1 saturated carbocycles. The van der Waals surface area contributed by atoms with Crippen molar-refractivity contribution in [3.8, 4) is 0 Å². The third kappa shape index (κ3) is 4.09. The highest BCUT2D eigenvalue weighted by molar-refractivity contribution is 5.82. The molecule has 18 heavy (non-hydrogen) atoms. The van der Waals surface area contributed by atoms with Crippen molar-refractivity contribution in [3.05, 3.63) is 0 Å². The van der Waals surface area contributed by atoms with Gasteiger partial charge in [-0.25, -0.2) is 0 Å². The molecule has 0 radical (unpaired) electrons. The third-order valence-electron chi connectivity index (χ3n) is 3.20. The second-order valence-electron chi connectivity index (χ2n) is 6.21. The monoisotopic (exact) mass is 255 g/mol. The zero-order chi connectivity index (χ0) is 13.8. The van der Waals surface area contributed by atoms with Crippen LogP contribution in [0.1, 0.15) is 59.8 Å². The van der Waals surface area contributed by atoms with Crippen molar-refractivity contribution >= 4 is 12.3 Å². The molecule has 4 nitrogen and oxygen atoms in total. The van der Waals surface area contributed by atoms with E-state index in [0.717, 1.165) is 38.4 Å². The first kappa shape index (κ1) is 15.2. The zero-order valence-corrected chi connectivity index (χ0v) is 11.9. The lowest BCUT2D eigenvalue weighted by Crippen LogP contribution is -2.58. The second-order valence-corrected chi connectivity index (χ2v) is 6.21. The number of esters is 1. The van der Waals surface area contributed by atoms with Crippen LogP contribution in [0.2, 0.25) is 0 Å². The van der Waals surface area contributed by atoms with Gasteiger partial charge < -0.3 is 9.53 Å². The van der Waals surface area contributed by atoms with Gasteiger partial charge in [0.2, 0.25) is 0 Å². The van der Waals surface area contributed by atoms with Crippen LogP contribution in [0.15, 0.2) is 0 Å². The Morgan fingerprint density at radius 2 is 1.83 bits per heavy atom. The van der Waals surface area contributed by atoms with Crippen LogP contribution in [0.5, 0.6) is 0 Å². The normalized spacial score (nSPS) is 21.1. The highest BCUT2D eigenvalue weighted by atomic mass is 16.6. The Balaban J connectivity index is 2.82. The summed E-state index contributed by atoms with van der Waals surface area (Å²) in [7, 11) is 0. The molecule has 0 aromatic heterocycles. The van der Waals surface area contributed by atoms with Crippen molar-refractivity contribution in [1.29, 1.82) is 0 Å². The van der Waals surface area contributed by atoms with Crippen molar-refractivity contribution in [2.24, 2.45) is 0 Å². The van der Waals surface area contributed by atoms with Crippen molar-refractivity contribution in [1.82, 2.24) is 5.32 Å². The van der Waals surface area contributed by atoms with E-state index in [0.29, 0.717) is 0 Å². The number of hydrogen-bond donors (Lipinski definition) is 1. The predicted octanol–water partition coefficient (Wildman–Crippen LogP) is 2.21. The molecule has 0 aromatic carbocycles. The number of aldehydes is 1. The summed E-state index contributed by atoms with van der Waals surface area (Å²) in [6, 6.07) is -0.324. The van der Waals surface area contributed by atoms with E-state index in [1.165, 1.54) is 0 Å². The molecule has 1 rings (SSSR count). The fourth-order valence-electron chi connectivity index (χ4n) is 2.41. The average molecular weight is 255 g/mol. The van der Waals surface area contributed by atoms with E-state index in [9.17, 15) is 9.59 Å². The van der Waals surface area contributed by atoms with Gasteiger partial charge in [-0.05, 0) is 40.5 Å². The van der Waals surface area contributed by atoms with E-state index in [1.54, 1.807) is 6.92 Å². The first-order valence-electron chi connectivity index (χ1n) is 6.75. The van der Waals surface area contributed by atoms with Crippen LogP contribution < -0.4 is 5.32 Å². The van der Waals surface area contributed by atoms with Gasteiger partial charge in [0.1, 0.15) is 17.4 Å². The van der Waals surface area contributed by atoms with E-state index < -0.39 is 11.1 Å². The Hall–Kier alpha value is -0.900. The molecule has 0 aliphatic heterocycles.